The number of rotatable bonds is 17. The van der Waals surface area contributed by atoms with E-state index < -0.39 is 0 Å². The highest BCUT2D eigenvalue weighted by Gasteiger charge is 2.10. The van der Waals surface area contributed by atoms with Crippen molar-refractivity contribution in [3.63, 3.8) is 0 Å². The molecular formula is C30H51N6O+. The summed E-state index contributed by atoms with van der Waals surface area (Å²) in [7, 11) is 2.02. The lowest BCUT2D eigenvalue weighted by molar-refractivity contribution is -0.696. The van der Waals surface area contributed by atoms with Gasteiger partial charge in [0.05, 0.1) is 13.6 Å². The highest BCUT2D eigenvalue weighted by atomic mass is 16.1. The summed E-state index contributed by atoms with van der Waals surface area (Å²) >= 11 is 0. The Morgan fingerprint density at radius 2 is 1.57 bits per heavy atom. The molecule has 1 heterocycles. The molecule has 0 aliphatic rings. The number of guanidine groups is 1. The van der Waals surface area contributed by atoms with Crippen LogP contribution in [0.2, 0.25) is 0 Å². The maximum absolute atomic E-state index is 12.3. The SMILES string of the molecule is CC(C)=CCC/C(C)=C/CC/C(C)=C/CC/C(C)=C/C(=O)NCCc1c[n+](CCCN=C(N)N)cn1C. The topological polar surface area (TPSA) is 102 Å². The molecule has 206 valence electrons. The van der Waals surface area contributed by atoms with Gasteiger partial charge in [-0.05, 0) is 73.1 Å². The zero-order valence-corrected chi connectivity index (χ0v) is 24.1. The van der Waals surface area contributed by atoms with E-state index in [0.29, 0.717) is 13.1 Å². The van der Waals surface area contributed by atoms with Gasteiger partial charge in [0.15, 0.2) is 5.96 Å². The summed E-state index contributed by atoms with van der Waals surface area (Å²) in [6.07, 6.45) is 20.9. The van der Waals surface area contributed by atoms with E-state index in [1.807, 2.05) is 14.0 Å². The molecule has 0 fully saturated rings. The van der Waals surface area contributed by atoms with E-state index in [1.54, 1.807) is 6.08 Å². The molecule has 1 aromatic rings. The number of hydrogen-bond donors (Lipinski definition) is 3. The van der Waals surface area contributed by atoms with E-state index >= 15 is 0 Å². The molecule has 0 bridgehead atoms. The molecule has 1 rings (SSSR count). The predicted octanol–water partition coefficient (Wildman–Crippen LogP) is 4.78. The van der Waals surface area contributed by atoms with E-state index in [-0.39, 0.29) is 11.9 Å². The Hall–Kier alpha value is -3.09. The van der Waals surface area contributed by atoms with Gasteiger partial charge in [-0.3, -0.25) is 9.79 Å². The minimum absolute atomic E-state index is 0.0220. The Morgan fingerprint density at radius 1 is 0.973 bits per heavy atom. The number of nitrogens with one attached hydrogen (secondary N) is 1. The lowest BCUT2D eigenvalue weighted by atomic mass is 10.0. The predicted molar refractivity (Wildman–Crippen MR) is 156 cm³/mol. The van der Waals surface area contributed by atoms with E-state index in [0.717, 1.165) is 63.5 Å². The monoisotopic (exact) mass is 511 g/mol. The smallest absolute Gasteiger partial charge is 0.243 e. The normalized spacial score (nSPS) is 12.4. The summed E-state index contributed by atoms with van der Waals surface area (Å²) < 4.78 is 4.21. The number of allylic oxidation sites excluding steroid dienone is 7. The lowest BCUT2D eigenvalue weighted by Gasteiger charge is -2.04. The van der Waals surface area contributed by atoms with Gasteiger partial charge < -0.3 is 16.8 Å². The van der Waals surface area contributed by atoms with E-state index in [4.69, 9.17) is 11.5 Å². The molecule has 0 radical (unpaired) electrons. The first-order valence-corrected chi connectivity index (χ1v) is 13.6. The van der Waals surface area contributed by atoms with Gasteiger partial charge in [-0.25, -0.2) is 9.13 Å². The largest absolute Gasteiger partial charge is 0.370 e. The zero-order valence-electron chi connectivity index (χ0n) is 24.1. The van der Waals surface area contributed by atoms with Crippen LogP contribution in [0.1, 0.15) is 85.3 Å². The van der Waals surface area contributed by atoms with Crippen LogP contribution in [-0.2, 0) is 24.8 Å². The third-order valence-electron chi connectivity index (χ3n) is 6.17. The van der Waals surface area contributed by atoms with Gasteiger partial charge in [-0.2, -0.15) is 0 Å². The Bertz CT molecular complexity index is 986. The summed E-state index contributed by atoms with van der Waals surface area (Å²) in [5.74, 6) is 0.108. The van der Waals surface area contributed by atoms with Crippen LogP contribution in [0.5, 0.6) is 0 Å². The Kier molecular flexibility index (Phi) is 15.7. The standard InChI is InChI=1S/C30H50N6O/c1-24(2)11-7-12-25(3)13-8-14-26(4)15-9-16-27(5)21-29(37)33-19-17-28-22-36(23-35(28)6)20-10-18-34-30(31)32/h11,13,15,21-23H,7-10,12,14,16-20H2,1-6H3,(H4-,31,32,33,34,37)/p+1/b25-13+,26-15+,27-21+. The van der Waals surface area contributed by atoms with Crippen molar-refractivity contribution in [1.29, 1.82) is 0 Å². The van der Waals surface area contributed by atoms with Crippen LogP contribution in [-0.4, -0.2) is 29.5 Å². The van der Waals surface area contributed by atoms with Crippen molar-refractivity contribution in [2.24, 2.45) is 23.5 Å². The minimum Gasteiger partial charge on any atom is -0.370 e. The second kappa shape index (κ2) is 18.2. The van der Waals surface area contributed by atoms with Crippen molar-refractivity contribution in [2.45, 2.75) is 92.5 Å². The third-order valence-corrected chi connectivity index (χ3v) is 6.17. The fourth-order valence-electron chi connectivity index (χ4n) is 3.98. The number of amides is 1. The minimum atomic E-state index is -0.0220. The van der Waals surface area contributed by atoms with Gasteiger partial charge in [0.1, 0.15) is 11.9 Å². The highest BCUT2D eigenvalue weighted by Crippen LogP contribution is 2.13. The molecule has 1 amide bonds. The van der Waals surface area contributed by atoms with Gasteiger partial charge in [0, 0.05) is 32.0 Å². The summed E-state index contributed by atoms with van der Waals surface area (Å²) in [5.41, 5.74) is 17.3. The molecule has 5 N–H and O–H groups in total. The quantitative estimate of drug-likeness (QED) is 0.0700. The molecule has 7 nitrogen and oxygen atoms in total. The van der Waals surface area contributed by atoms with E-state index in [1.165, 1.54) is 22.4 Å². The van der Waals surface area contributed by atoms with Gasteiger partial charge in [-0.1, -0.05) is 40.5 Å². The van der Waals surface area contributed by atoms with Crippen LogP contribution in [0, 0.1) is 0 Å². The molecule has 0 aliphatic heterocycles. The first-order chi connectivity index (χ1) is 17.6. The number of aliphatic imine (C=N–C) groups is 1. The fraction of sp³-hybridized carbons (Fsp3) is 0.567. The second-order valence-electron chi connectivity index (χ2n) is 10.3. The van der Waals surface area contributed by atoms with Crippen molar-refractivity contribution in [3.8, 4) is 0 Å². The van der Waals surface area contributed by atoms with Crippen LogP contribution in [0.3, 0.4) is 0 Å². The third kappa shape index (κ3) is 16.3. The molecule has 0 atom stereocenters. The summed E-state index contributed by atoms with van der Waals surface area (Å²) in [6.45, 7) is 12.8. The average molecular weight is 512 g/mol. The first-order valence-electron chi connectivity index (χ1n) is 13.6. The maximum Gasteiger partial charge on any atom is 0.243 e. The number of nitrogens with zero attached hydrogens (tertiary/aromatic N) is 3. The molecule has 1 aromatic heterocycles. The molecule has 0 saturated carbocycles. The second-order valence-corrected chi connectivity index (χ2v) is 10.3. The number of aryl methyl sites for hydroxylation is 2. The van der Waals surface area contributed by atoms with Gasteiger partial charge >= 0.3 is 0 Å². The number of nitrogens with two attached hydrogens (primary N) is 2. The Balaban J connectivity index is 2.31. The summed E-state index contributed by atoms with van der Waals surface area (Å²) in [5, 5.41) is 3.01. The van der Waals surface area contributed by atoms with Gasteiger partial charge in [-0.15, -0.1) is 0 Å². The van der Waals surface area contributed by atoms with Crippen molar-refractivity contribution < 1.29 is 9.36 Å². The Morgan fingerprint density at radius 3 is 2.16 bits per heavy atom. The van der Waals surface area contributed by atoms with Crippen molar-refractivity contribution in [3.05, 3.63) is 64.8 Å². The first kappa shape index (κ1) is 31.9. The number of carbonyl (C=O) groups excluding carboxylic acids is 1. The van der Waals surface area contributed by atoms with Crippen LogP contribution < -0.4 is 21.4 Å². The van der Waals surface area contributed by atoms with E-state index in [9.17, 15) is 4.79 Å². The van der Waals surface area contributed by atoms with E-state index in [2.05, 4.69) is 77.9 Å². The van der Waals surface area contributed by atoms with Gasteiger partial charge in [0.25, 0.3) is 0 Å². The molecule has 0 aromatic carbocycles. The number of hydrogen-bond acceptors (Lipinski definition) is 2. The number of carbonyl (C=O) groups is 1. The molecule has 7 heteroatoms. The Labute approximate surface area is 225 Å². The molecule has 0 aliphatic carbocycles. The fourth-order valence-corrected chi connectivity index (χ4v) is 3.98. The van der Waals surface area contributed by atoms with Crippen LogP contribution >= 0.6 is 0 Å². The van der Waals surface area contributed by atoms with Crippen molar-refractivity contribution >= 4 is 11.9 Å². The molecular weight excluding hydrogens is 460 g/mol. The zero-order chi connectivity index (χ0) is 27.6. The van der Waals surface area contributed by atoms with Crippen LogP contribution in [0.15, 0.2) is 64.1 Å². The average Bonchev–Trinajstić information content (AvgIpc) is 3.15. The highest BCUT2D eigenvalue weighted by molar-refractivity contribution is 5.88. The molecule has 0 saturated heterocycles. The molecule has 0 spiro atoms. The van der Waals surface area contributed by atoms with Crippen LogP contribution in [0.4, 0.5) is 0 Å². The van der Waals surface area contributed by atoms with Crippen LogP contribution in [0.25, 0.3) is 0 Å². The van der Waals surface area contributed by atoms with Gasteiger partial charge in [0.2, 0.25) is 12.2 Å². The lowest BCUT2D eigenvalue weighted by Crippen LogP contribution is -2.31. The number of imidazole rings is 1. The summed E-state index contributed by atoms with van der Waals surface area (Å²) in [6, 6.07) is 0. The van der Waals surface area contributed by atoms with Crippen molar-refractivity contribution in [1.82, 2.24) is 9.88 Å². The number of aromatic nitrogens is 2. The maximum atomic E-state index is 12.3. The molecule has 0 unspecified atom stereocenters. The molecule has 37 heavy (non-hydrogen) atoms. The summed E-state index contributed by atoms with van der Waals surface area (Å²) in [4.78, 5) is 16.3. The van der Waals surface area contributed by atoms with Crippen molar-refractivity contribution in [2.75, 3.05) is 13.1 Å².